The molecule has 0 atom stereocenters. The van der Waals surface area contributed by atoms with E-state index < -0.39 is 0 Å². The van der Waals surface area contributed by atoms with Gasteiger partial charge in [0.15, 0.2) is 0 Å². The van der Waals surface area contributed by atoms with Crippen LogP contribution in [0.25, 0.3) is 5.69 Å². The topological polar surface area (TPSA) is 29.9 Å². The van der Waals surface area contributed by atoms with Crippen molar-refractivity contribution in [1.29, 1.82) is 0 Å². The molecule has 0 saturated heterocycles. The molecule has 0 aliphatic heterocycles. The van der Waals surface area contributed by atoms with E-state index in [4.69, 9.17) is 5.10 Å². The lowest BCUT2D eigenvalue weighted by Crippen LogP contribution is -2.39. The van der Waals surface area contributed by atoms with Crippen molar-refractivity contribution >= 4 is 0 Å². The van der Waals surface area contributed by atoms with Crippen molar-refractivity contribution in [3.05, 3.63) is 47.3 Å². The molecule has 21 heavy (non-hydrogen) atoms. The van der Waals surface area contributed by atoms with E-state index in [0.717, 1.165) is 17.9 Å². The van der Waals surface area contributed by atoms with Crippen molar-refractivity contribution in [2.24, 2.45) is 0 Å². The second-order valence-electron chi connectivity index (χ2n) is 6.52. The number of para-hydroxylation sites is 1. The highest BCUT2D eigenvalue weighted by atomic mass is 15.3. The monoisotopic (exact) mass is 283 g/mol. The Hall–Kier alpha value is -1.61. The molecule has 3 nitrogen and oxygen atoms in total. The van der Waals surface area contributed by atoms with Gasteiger partial charge in [-0.3, -0.25) is 0 Å². The summed E-state index contributed by atoms with van der Waals surface area (Å²) in [7, 11) is 0. The number of hydrogen-bond donors (Lipinski definition) is 1. The number of aromatic nitrogens is 2. The van der Waals surface area contributed by atoms with Crippen LogP contribution in [-0.4, -0.2) is 15.3 Å². The molecule has 0 unspecified atom stereocenters. The van der Waals surface area contributed by atoms with Crippen molar-refractivity contribution < 1.29 is 0 Å². The van der Waals surface area contributed by atoms with Gasteiger partial charge in [0.2, 0.25) is 0 Å². The fourth-order valence-electron chi connectivity index (χ4n) is 3.39. The average Bonchev–Trinajstić information content (AvgIpc) is 3.03. The van der Waals surface area contributed by atoms with E-state index in [1.54, 1.807) is 0 Å². The molecule has 1 aromatic heterocycles. The van der Waals surface area contributed by atoms with Crippen molar-refractivity contribution in [2.75, 3.05) is 0 Å². The second-order valence-corrected chi connectivity index (χ2v) is 6.52. The van der Waals surface area contributed by atoms with Gasteiger partial charge in [0.1, 0.15) is 0 Å². The molecule has 1 heterocycles. The summed E-state index contributed by atoms with van der Waals surface area (Å²) in [6, 6.07) is 10.4. The normalized spacial score (nSPS) is 17.3. The van der Waals surface area contributed by atoms with Crippen LogP contribution < -0.4 is 5.32 Å². The van der Waals surface area contributed by atoms with Crippen LogP contribution in [0, 0.1) is 13.8 Å². The van der Waals surface area contributed by atoms with Gasteiger partial charge in [-0.25, -0.2) is 4.68 Å². The zero-order valence-electron chi connectivity index (χ0n) is 13.3. The predicted molar refractivity (Wildman–Crippen MR) is 86.8 cm³/mol. The third-order valence-corrected chi connectivity index (χ3v) is 4.84. The maximum absolute atomic E-state index is 4.73. The molecule has 1 saturated carbocycles. The van der Waals surface area contributed by atoms with Gasteiger partial charge in [-0.1, -0.05) is 31.0 Å². The highest BCUT2D eigenvalue weighted by Gasteiger charge is 2.28. The zero-order chi connectivity index (χ0) is 14.9. The van der Waals surface area contributed by atoms with E-state index in [1.165, 1.54) is 36.9 Å². The molecular weight excluding hydrogens is 258 g/mol. The summed E-state index contributed by atoms with van der Waals surface area (Å²) in [5.74, 6) is 0. The van der Waals surface area contributed by atoms with E-state index in [0.29, 0.717) is 5.54 Å². The quantitative estimate of drug-likeness (QED) is 0.922. The minimum Gasteiger partial charge on any atom is -0.307 e. The maximum atomic E-state index is 4.73. The van der Waals surface area contributed by atoms with Crippen LogP contribution in [0.5, 0.6) is 0 Å². The van der Waals surface area contributed by atoms with Crippen molar-refractivity contribution in [3.63, 3.8) is 0 Å². The zero-order valence-corrected chi connectivity index (χ0v) is 13.3. The second kappa shape index (κ2) is 5.64. The lowest BCUT2D eigenvalue weighted by molar-refractivity contribution is 0.362. The van der Waals surface area contributed by atoms with Crippen LogP contribution in [0.15, 0.2) is 30.3 Å². The molecular formula is C18H25N3. The molecule has 1 aliphatic carbocycles. The minimum atomic E-state index is 0.313. The van der Waals surface area contributed by atoms with Crippen molar-refractivity contribution in [3.8, 4) is 5.69 Å². The van der Waals surface area contributed by atoms with Crippen molar-refractivity contribution in [1.82, 2.24) is 15.1 Å². The van der Waals surface area contributed by atoms with Crippen LogP contribution in [0.3, 0.4) is 0 Å². The lowest BCUT2D eigenvalue weighted by Gasteiger charge is -2.25. The van der Waals surface area contributed by atoms with E-state index in [2.05, 4.69) is 55.0 Å². The Morgan fingerprint density at radius 3 is 2.48 bits per heavy atom. The van der Waals surface area contributed by atoms with Gasteiger partial charge >= 0.3 is 0 Å². The molecule has 1 aromatic carbocycles. The third kappa shape index (κ3) is 2.88. The molecule has 3 heteroatoms. The Kier molecular flexibility index (Phi) is 3.85. The van der Waals surface area contributed by atoms with Gasteiger partial charge in [-0.05, 0) is 45.7 Å². The lowest BCUT2D eigenvalue weighted by atomic mass is 10.00. The fraction of sp³-hybridized carbons (Fsp3) is 0.500. The highest BCUT2D eigenvalue weighted by Crippen LogP contribution is 2.29. The van der Waals surface area contributed by atoms with Gasteiger partial charge in [-0.2, -0.15) is 5.10 Å². The first-order valence-corrected chi connectivity index (χ1v) is 7.95. The van der Waals surface area contributed by atoms with Crippen LogP contribution in [-0.2, 0) is 6.54 Å². The molecule has 3 rings (SSSR count). The van der Waals surface area contributed by atoms with Crippen LogP contribution in [0.2, 0.25) is 0 Å². The smallest absolute Gasteiger partial charge is 0.0648 e. The fourth-order valence-corrected chi connectivity index (χ4v) is 3.39. The van der Waals surface area contributed by atoms with Crippen LogP contribution in [0.4, 0.5) is 0 Å². The number of nitrogens with zero attached hydrogens (tertiary/aromatic N) is 2. The average molecular weight is 283 g/mol. The van der Waals surface area contributed by atoms with Crippen LogP contribution in [0.1, 0.15) is 49.6 Å². The first-order chi connectivity index (χ1) is 10.1. The minimum absolute atomic E-state index is 0.313. The predicted octanol–water partition coefficient (Wildman–Crippen LogP) is 3.91. The molecule has 0 bridgehead atoms. The summed E-state index contributed by atoms with van der Waals surface area (Å²) < 4.78 is 2.06. The van der Waals surface area contributed by atoms with Gasteiger partial charge < -0.3 is 5.32 Å². The van der Waals surface area contributed by atoms with Crippen LogP contribution >= 0.6 is 0 Å². The Labute approximate surface area is 127 Å². The molecule has 1 fully saturated rings. The van der Waals surface area contributed by atoms with Crippen molar-refractivity contribution in [2.45, 2.75) is 58.5 Å². The molecule has 0 amide bonds. The summed E-state index contributed by atoms with van der Waals surface area (Å²) in [6.45, 7) is 7.55. The number of benzene rings is 1. The molecule has 2 aromatic rings. The number of nitrogens with one attached hydrogen (secondary N) is 1. The third-order valence-electron chi connectivity index (χ3n) is 4.84. The first-order valence-electron chi connectivity index (χ1n) is 7.95. The Morgan fingerprint density at radius 1 is 1.14 bits per heavy atom. The summed E-state index contributed by atoms with van der Waals surface area (Å²) in [5.41, 5.74) is 5.16. The van der Waals surface area contributed by atoms with Gasteiger partial charge in [0, 0.05) is 23.3 Å². The Balaban J connectivity index is 1.82. The summed E-state index contributed by atoms with van der Waals surface area (Å²) in [6.07, 6.45) is 5.28. The first kappa shape index (κ1) is 14.3. The Bertz CT molecular complexity index is 607. The molecule has 1 aliphatic rings. The van der Waals surface area contributed by atoms with E-state index >= 15 is 0 Å². The number of hydrogen-bond acceptors (Lipinski definition) is 2. The maximum Gasteiger partial charge on any atom is 0.0648 e. The highest BCUT2D eigenvalue weighted by molar-refractivity contribution is 5.36. The summed E-state index contributed by atoms with van der Waals surface area (Å²) in [5, 5.41) is 8.49. The number of rotatable bonds is 4. The van der Waals surface area contributed by atoms with E-state index in [1.807, 2.05) is 6.07 Å². The standard InChI is InChI=1S/C18H25N3/c1-14-17(13-19-18(3)11-7-8-12-18)15(2)21(20-14)16-9-5-4-6-10-16/h4-6,9-10,19H,7-8,11-13H2,1-3H3. The van der Waals surface area contributed by atoms with E-state index in [9.17, 15) is 0 Å². The SMILES string of the molecule is Cc1nn(-c2ccccc2)c(C)c1CNC1(C)CCCC1. The summed E-state index contributed by atoms with van der Waals surface area (Å²) in [4.78, 5) is 0. The van der Waals surface area contributed by atoms with Gasteiger partial charge in [0.05, 0.1) is 11.4 Å². The summed E-state index contributed by atoms with van der Waals surface area (Å²) >= 11 is 0. The molecule has 1 N–H and O–H groups in total. The Morgan fingerprint density at radius 2 is 1.81 bits per heavy atom. The number of aryl methyl sites for hydroxylation is 1. The van der Waals surface area contributed by atoms with Gasteiger partial charge in [-0.15, -0.1) is 0 Å². The molecule has 112 valence electrons. The van der Waals surface area contributed by atoms with Gasteiger partial charge in [0.25, 0.3) is 0 Å². The molecule has 0 spiro atoms. The largest absolute Gasteiger partial charge is 0.307 e. The van der Waals surface area contributed by atoms with E-state index in [-0.39, 0.29) is 0 Å². The molecule has 0 radical (unpaired) electrons.